The number of aryl methyl sites for hydroxylation is 2. The lowest BCUT2D eigenvalue weighted by Crippen LogP contribution is -2.13. The molecule has 200 valence electrons. The highest BCUT2D eigenvalue weighted by Crippen LogP contribution is 2.64. The Hall–Kier alpha value is -3.31. The Morgan fingerprint density at radius 3 is 2.50 bits per heavy atom. The molecule has 1 saturated carbocycles. The minimum Gasteiger partial charge on any atom is -0.491 e. The van der Waals surface area contributed by atoms with Crippen LogP contribution >= 0.6 is 0 Å². The van der Waals surface area contributed by atoms with Crippen LogP contribution in [-0.4, -0.2) is 30.9 Å². The number of fused-ring (bicyclic) bond motifs is 1. The van der Waals surface area contributed by atoms with E-state index in [0.29, 0.717) is 19.8 Å². The van der Waals surface area contributed by atoms with Crippen molar-refractivity contribution in [2.75, 3.05) is 25.1 Å². The molecule has 2 aliphatic rings. The third-order valence-electron chi connectivity index (χ3n) is 8.48. The molecule has 1 unspecified atom stereocenters. The molecule has 2 N–H and O–H groups in total. The summed E-state index contributed by atoms with van der Waals surface area (Å²) in [5.74, 6) is 0.353. The van der Waals surface area contributed by atoms with Crippen LogP contribution in [0.4, 0.5) is 5.69 Å². The van der Waals surface area contributed by atoms with Gasteiger partial charge in [-0.2, -0.15) is 0 Å². The molecule has 3 aromatic rings. The van der Waals surface area contributed by atoms with Crippen molar-refractivity contribution in [1.29, 1.82) is 0 Å². The highest BCUT2D eigenvalue weighted by molar-refractivity contribution is 5.75. The maximum atomic E-state index is 11.5. The van der Waals surface area contributed by atoms with Crippen LogP contribution < -0.4 is 10.1 Å². The lowest BCUT2D eigenvalue weighted by molar-refractivity contribution is -0.137. The minimum atomic E-state index is -0.694. The first-order valence-electron chi connectivity index (χ1n) is 13.8. The van der Waals surface area contributed by atoms with Crippen LogP contribution in [0, 0.1) is 26.2 Å². The van der Waals surface area contributed by atoms with Gasteiger partial charge in [0, 0.05) is 24.8 Å². The largest absolute Gasteiger partial charge is 0.491 e. The average Bonchev–Trinajstić information content (AvgIpc) is 3.59. The highest BCUT2D eigenvalue weighted by Gasteiger charge is 2.54. The molecule has 3 aromatic carbocycles. The molecule has 1 fully saturated rings. The number of nitrogens with one attached hydrogen (secondary N) is 1. The SMILES string of the molecule is CCOCCOc1cc(C)c(-c2cccc(CNc3ccc4c(c3)CC3(CC3)C4CC(=O)O)c2C)c(C)c1. The molecule has 0 radical (unpaired) electrons. The molecule has 5 nitrogen and oxygen atoms in total. The number of ether oxygens (including phenoxy) is 2. The zero-order chi connectivity index (χ0) is 26.9. The smallest absolute Gasteiger partial charge is 0.303 e. The summed E-state index contributed by atoms with van der Waals surface area (Å²) in [7, 11) is 0. The van der Waals surface area contributed by atoms with Crippen LogP contribution in [0.1, 0.15) is 65.5 Å². The molecular formula is C33H39NO4. The summed E-state index contributed by atoms with van der Waals surface area (Å²) >= 11 is 0. The summed E-state index contributed by atoms with van der Waals surface area (Å²) in [5.41, 5.74) is 11.3. The molecule has 0 aliphatic heterocycles. The number of aliphatic carboxylic acids is 1. The Kier molecular flexibility index (Phi) is 7.49. The molecular weight excluding hydrogens is 474 g/mol. The lowest BCUT2D eigenvalue weighted by Gasteiger charge is -2.18. The van der Waals surface area contributed by atoms with E-state index in [9.17, 15) is 9.90 Å². The van der Waals surface area contributed by atoms with E-state index in [0.717, 1.165) is 37.2 Å². The number of hydrogen-bond donors (Lipinski definition) is 2. The Morgan fingerprint density at radius 2 is 1.82 bits per heavy atom. The summed E-state index contributed by atoms with van der Waals surface area (Å²) < 4.78 is 11.3. The average molecular weight is 514 g/mol. The first kappa shape index (κ1) is 26.3. The van der Waals surface area contributed by atoms with Gasteiger partial charge in [-0.05, 0) is 121 Å². The number of hydrogen-bond acceptors (Lipinski definition) is 4. The maximum Gasteiger partial charge on any atom is 0.303 e. The quantitative estimate of drug-likeness (QED) is 0.265. The van der Waals surface area contributed by atoms with Crippen LogP contribution in [0.2, 0.25) is 0 Å². The number of carbonyl (C=O) groups is 1. The van der Waals surface area contributed by atoms with Crippen LogP contribution in [-0.2, 0) is 22.5 Å². The molecule has 0 aromatic heterocycles. The van der Waals surface area contributed by atoms with Crippen molar-refractivity contribution in [3.8, 4) is 16.9 Å². The van der Waals surface area contributed by atoms with Gasteiger partial charge >= 0.3 is 5.97 Å². The molecule has 38 heavy (non-hydrogen) atoms. The van der Waals surface area contributed by atoms with E-state index in [2.05, 4.69) is 74.6 Å². The van der Waals surface area contributed by atoms with E-state index in [4.69, 9.17) is 9.47 Å². The zero-order valence-corrected chi connectivity index (χ0v) is 23.0. The van der Waals surface area contributed by atoms with E-state index in [-0.39, 0.29) is 17.8 Å². The van der Waals surface area contributed by atoms with E-state index < -0.39 is 5.97 Å². The molecule has 0 heterocycles. The van der Waals surface area contributed by atoms with E-state index >= 15 is 0 Å². The van der Waals surface area contributed by atoms with Crippen molar-refractivity contribution in [2.24, 2.45) is 5.41 Å². The van der Waals surface area contributed by atoms with Crippen LogP contribution in [0.25, 0.3) is 11.1 Å². The topological polar surface area (TPSA) is 67.8 Å². The number of anilines is 1. The van der Waals surface area contributed by atoms with Gasteiger partial charge in [0.25, 0.3) is 0 Å². The van der Waals surface area contributed by atoms with Crippen LogP contribution in [0.5, 0.6) is 5.75 Å². The van der Waals surface area contributed by atoms with Gasteiger partial charge in [-0.15, -0.1) is 0 Å². The van der Waals surface area contributed by atoms with E-state index in [1.807, 2.05) is 6.92 Å². The molecule has 2 aliphatic carbocycles. The van der Waals surface area contributed by atoms with Gasteiger partial charge < -0.3 is 19.9 Å². The zero-order valence-electron chi connectivity index (χ0n) is 23.0. The number of rotatable bonds is 11. The number of benzene rings is 3. The van der Waals surface area contributed by atoms with Gasteiger partial charge in [0.1, 0.15) is 12.4 Å². The van der Waals surface area contributed by atoms with E-state index in [1.54, 1.807) is 0 Å². The summed E-state index contributed by atoms with van der Waals surface area (Å²) in [6, 6.07) is 17.3. The fourth-order valence-electron chi connectivity index (χ4n) is 6.37. The second kappa shape index (κ2) is 10.8. The van der Waals surface area contributed by atoms with Crippen molar-refractivity contribution in [3.63, 3.8) is 0 Å². The van der Waals surface area contributed by atoms with Gasteiger partial charge in [0.15, 0.2) is 0 Å². The predicted octanol–water partition coefficient (Wildman–Crippen LogP) is 7.20. The fourth-order valence-corrected chi connectivity index (χ4v) is 6.37. The van der Waals surface area contributed by atoms with Gasteiger partial charge in [-0.25, -0.2) is 0 Å². The summed E-state index contributed by atoms with van der Waals surface area (Å²) in [4.78, 5) is 11.5. The standard InChI is InChI=1S/C33H39NO4/c1-5-37-13-14-38-27-15-21(2)32(22(3)16-27)28-8-6-7-24(23(28)4)20-34-26-9-10-29-25(17-26)19-33(11-12-33)30(29)18-31(35)36/h6-10,15-17,30,34H,5,11-14,18-20H2,1-4H3,(H,35,36). The van der Waals surface area contributed by atoms with Crippen molar-refractivity contribution < 1.29 is 19.4 Å². The number of carboxylic acid groups (broad SMARTS) is 1. The van der Waals surface area contributed by atoms with Crippen LogP contribution in [0.3, 0.4) is 0 Å². The first-order valence-corrected chi connectivity index (χ1v) is 13.8. The molecule has 1 spiro atoms. The van der Waals surface area contributed by atoms with Gasteiger partial charge in [0.05, 0.1) is 13.0 Å². The van der Waals surface area contributed by atoms with Crippen LogP contribution in [0.15, 0.2) is 48.5 Å². The van der Waals surface area contributed by atoms with Gasteiger partial charge in [0.2, 0.25) is 0 Å². The van der Waals surface area contributed by atoms with Crippen molar-refractivity contribution in [2.45, 2.75) is 65.8 Å². The second-order valence-electron chi connectivity index (χ2n) is 11.0. The predicted molar refractivity (Wildman–Crippen MR) is 152 cm³/mol. The second-order valence-corrected chi connectivity index (χ2v) is 11.0. The molecule has 5 heteroatoms. The summed E-state index contributed by atoms with van der Waals surface area (Å²) in [6.07, 6.45) is 3.54. The van der Waals surface area contributed by atoms with Gasteiger partial charge in [-0.1, -0.05) is 24.3 Å². The van der Waals surface area contributed by atoms with E-state index in [1.165, 1.54) is 44.5 Å². The molecule has 0 saturated heterocycles. The molecule has 0 amide bonds. The molecule has 0 bridgehead atoms. The Bertz CT molecular complexity index is 1320. The summed E-state index contributed by atoms with van der Waals surface area (Å²) in [5, 5.41) is 13.1. The third-order valence-corrected chi connectivity index (χ3v) is 8.48. The lowest BCUT2D eigenvalue weighted by atomic mass is 9.87. The maximum absolute atomic E-state index is 11.5. The molecule has 5 rings (SSSR count). The number of carboxylic acids is 1. The Balaban J connectivity index is 1.31. The monoisotopic (exact) mass is 513 g/mol. The van der Waals surface area contributed by atoms with Gasteiger partial charge in [-0.3, -0.25) is 4.79 Å². The minimum absolute atomic E-state index is 0.163. The Morgan fingerprint density at radius 1 is 1.05 bits per heavy atom. The molecule has 1 atom stereocenters. The van der Waals surface area contributed by atoms with Crippen molar-refractivity contribution in [1.82, 2.24) is 0 Å². The van der Waals surface area contributed by atoms with Crippen molar-refractivity contribution in [3.05, 3.63) is 81.9 Å². The third kappa shape index (κ3) is 5.30. The van der Waals surface area contributed by atoms with Crippen molar-refractivity contribution >= 4 is 11.7 Å². The summed E-state index contributed by atoms with van der Waals surface area (Å²) in [6.45, 7) is 11.1. The fraction of sp³-hybridized carbons (Fsp3) is 0.424. The Labute approximate surface area is 226 Å². The highest BCUT2D eigenvalue weighted by atomic mass is 16.5. The first-order chi connectivity index (χ1) is 18.3. The normalized spacial score (nSPS) is 16.9.